The van der Waals surface area contributed by atoms with Crippen LogP contribution in [-0.4, -0.2) is 21.2 Å². The van der Waals surface area contributed by atoms with Gasteiger partial charge < -0.3 is 11.1 Å². The SMILES string of the molecule is Cn1nccc1CNC(=O)CC1(N)CCCCC1. The van der Waals surface area contributed by atoms with Crippen molar-refractivity contribution in [3.05, 3.63) is 18.0 Å². The molecular formula is C13H22N4O. The Kier molecular flexibility index (Phi) is 4.01. The number of hydrogen-bond acceptors (Lipinski definition) is 3. The molecule has 100 valence electrons. The molecule has 0 unspecified atom stereocenters. The molecule has 0 radical (unpaired) electrons. The van der Waals surface area contributed by atoms with Gasteiger partial charge >= 0.3 is 0 Å². The van der Waals surface area contributed by atoms with Crippen LogP contribution in [-0.2, 0) is 18.4 Å². The normalized spacial score (nSPS) is 18.6. The fourth-order valence-electron chi connectivity index (χ4n) is 2.58. The molecule has 1 amide bonds. The number of nitrogens with two attached hydrogens (primary N) is 1. The third-order valence-electron chi connectivity index (χ3n) is 3.75. The molecule has 1 heterocycles. The quantitative estimate of drug-likeness (QED) is 0.840. The lowest BCUT2D eigenvalue weighted by Gasteiger charge is -2.32. The molecule has 5 nitrogen and oxygen atoms in total. The lowest BCUT2D eigenvalue weighted by Crippen LogP contribution is -2.45. The number of nitrogens with zero attached hydrogens (tertiary/aromatic N) is 2. The van der Waals surface area contributed by atoms with Gasteiger partial charge in [0.15, 0.2) is 0 Å². The van der Waals surface area contributed by atoms with Crippen LogP contribution in [0.15, 0.2) is 12.3 Å². The van der Waals surface area contributed by atoms with Crippen molar-refractivity contribution in [3.63, 3.8) is 0 Å². The van der Waals surface area contributed by atoms with Gasteiger partial charge in [0.2, 0.25) is 5.91 Å². The highest BCUT2D eigenvalue weighted by Crippen LogP contribution is 2.28. The molecule has 0 aliphatic heterocycles. The van der Waals surface area contributed by atoms with Crippen LogP contribution in [0.1, 0.15) is 44.2 Å². The van der Waals surface area contributed by atoms with E-state index in [0.29, 0.717) is 13.0 Å². The lowest BCUT2D eigenvalue weighted by molar-refractivity contribution is -0.122. The minimum atomic E-state index is -0.283. The number of amides is 1. The zero-order valence-corrected chi connectivity index (χ0v) is 11.0. The summed E-state index contributed by atoms with van der Waals surface area (Å²) >= 11 is 0. The second kappa shape index (κ2) is 5.52. The molecule has 3 N–H and O–H groups in total. The third-order valence-corrected chi connectivity index (χ3v) is 3.75. The van der Waals surface area contributed by atoms with Gasteiger partial charge in [-0.3, -0.25) is 9.48 Å². The molecule has 0 spiro atoms. The molecule has 1 fully saturated rings. The minimum absolute atomic E-state index is 0.0422. The Hall–Kier alpha value is -1.36. The number of carbonyl (C=O) groups excluding carboxylic acids is 1. The molecule has 1 aromatic heterocycles. The van der Waals surface area contributed by atoms with Gasteiger partial charge in [0.05, 0.1) is 12.2 Å². The number of carbonyl (C=O) groups is 1. The van der Waals surface area contributed by atoms with E-state index in [4.69, 9.17) is 5.73 Å². The summed E-state index contributed by atoms with van der Waals surface area (Å²) in [5, 5.41) is 6.98. The smallest absolute Gasteiger partial charge is 0.222 e. The van der Waals surface area contributed by atoms with Crippen molar-refractivity contribution in [3.8, 4) is 0 Å². The van der Waals surface area contributed by atoms with Gasteiger partial charge in [-0.05, 0) is 18.9 Å². The van der Waals surface area contributed by atoms with E-state index >= 15 is 0 Å². The molecule has 0 saturated heterocycles. The zero-order chi connectivity index (χ0) is 13.0. The maximum absolute atomic E-state index is 11.9. The Bertz CT molecular complexity index is 407. The van der Waals surface area contributed by atoms with E-state index < -0.39 is 0 Å². The highest BCUT2D eigenvalue weighted by Gasteiger charge is 2.29. The van der Waals surface area contributed by atoms with Crippen molar-refractivity contribution in [2.24, 2.45) is 12.8 Å². The second-order valence-corrected chi connectivity index (χ2v) is 5.32. The largest absolute Gasteiger partial charge is 0.350 e. The Morgan fingerprint density at radius 1 is 1.50 bits per heavy atom. The van der Waals surface area contributed by atoms with Gasteiger partial charge in [-0.15, -0.1) is 0 Å². The Labute approximate surface area is 108 Å². The fourth-order valence-corrected chi connectivity index (χ4v) is 2.58. The average Bonchev–Trinajstić information content (AvgIpc) is 2.72. The maximum Gasteiger partial charge on any atom is 0.222 e. The van der Waals surface area contributed by atoms with Crippen molar-refractivity contribution in [1.82, 2.24) is 15.1 Å². The Morgan fingerprint density at radius 2 is 2.22 bits per heavy atom. The number of rotatable bonds is 4. The van der Waals surface area contributed by atoms with Crippen molar-refractivity contribution < 1.29 is 4.79 Å². The first kappa shape index (κ1) is 13.1. The van der Waals surface area contributed by atoms with Crippen molar-refractivity contribution in [1.29, 1.82) is 0 Å². The summed E-state index contributed by atoms with van der Waals surface area (Å²) in [7, 11) is 1.87. The van der Waals surface area contributed by atoms with E-state index in [1.165, 1.54) is 6.42 Å². The highest BCUT2D eigenvalue weighted by atomic mass is 16.1. The van der Waals surface area contributed by atoms with Crippen LogP contribution < -0.4 is 11.1 Å². The third kappa shape index (κ3) is 3.32. The molecule has 5 heteroatoms. The number of nitrogens with one attached hydrogen (secondary N) is 1. The van der Waals surface area contributed by atoms with Gasteiger partial charge in [0, 0.05) is 25.2 Å². The summed E-state index contributed by atoms with van der Waals surface area (Å²) in [5.41, 5.74) is 6.98. The maximum atomic E-state index is 11.9. The van der Waals surface area contributed by atoms with Crippen molar-refractivity contribution in [2.45, 2.75) is 50.6 Å². The zero-order valence-electron chi connectivity index (χ0n) is 11.0. The standard InChI is InChI=1S/C13H22N4O/c1-17-11(5-8-16-17)10-15-12(18)9-13(14)6-3-2-4-7-13/h5,8H,2-4,6-7,9-10,14H2,1H3,(H,15,18). The van der Waals surface area contributed by atoms with E-state index in [-0.39, 0.29) is 11.4 Å². The minimum Gasteiger partial charge on any atom is -0.350 e. The molecule has 2 rings (SSSR count). The van der Waals surface area contributed by atoms with E-state index in [1.807, 2.05) is 13.1 Å². The predicted molar refractivity (Wildman–Crippen MR) is 69.7 cm³/mol. The topological polar surface area (TPSA) is 72.9 Å². The predicted octanol–water partition coefficient (Wildman–Crippen LogP) is 1.09. The summed E-state index contributed by atoms with van der Waals surface area (Å²) in [6.07, 6.45) is 7.63. The first-order chi connectivity index (χ1) is 8.59. The monoisotopic (exact) mass is 250 g/mol. The molecule has 1 aromatic rings. The van der Waals surface area contributed by atoms with Crippen LogP contribution >= 0.6 is 0 Å². The average molecular weight is 250 g/mol. The van der Waals surface area contributed by atoms with Crippen LogP contribution in [0.25, 0.3) is 0 Å². The first-order valence-corrected chi connectivity index (χ1v) is 6.62. The summed E-state index contributed by atoms with van der Waals surface area (Å²) in [6, 6.07) is 1.90. The Balaban J connectivity index is 1.80. The molecule has 18 heavy (non-hydrogen) atoms. The lowest BCUT2D eigenvalue weighted by atomic mass is 9.80. The van der Waals surface area contributed by atoms with E-state index in [9.17, 15) is 4.79 Å². The van der Waals surface area contributed by atoms with E-state index in [0.717, 1.165) is 31.4 Å². The van der Waals surface area contributed by atoms with Gasteiger partial charge in [0.25, 0.3) is 0 Å². The summed E-state index contributed by atoms with van der Waals surface area (Å²) in [6.45, 7) is 0.519. The molecule has 1 saturated carbocycles. The van der Waals surface area contributed by atoms with Crippen LogP contribution in [0.4, 0.5) is 0 Å². The molecule has 1 aliphatic carbocycles. The number of aryl methyl sites for hydroxylation is 1. The van der Waals surface area contributed by atoms with E-state index in [1.54, 1.807) is 10.9 Å². The molecule has 0 aromatic carbocycles. The molecule has 0 bridgehead atoms. The molecular weight excluding hydrogens is 228 g/mol. The van der Waals surface area contributed by atoms with E-state index in [2.05, 4.69) is 10.4 Å². The molecule has 1 aliphatic rings. The summed E-state index contributed by atoms with van der Waals surface area (Å²) < 4.78 is 1.76. The Morgan fingerprint density at radius 3 is 2.83 bits per heavy atom. The summed E-state index contributed by atoms with van der Waals surface area (Å²) in [4.78, 5) is 11.9. The fraction of sp³-hybridized carbons (Fsp3) is 0.692. The van der Waals surface area contributed by atoms with Gasteiger partial charge in [-0.25, -0.2) is 0 Å². The van der Waals surface area contributed by atoms with Gasteiger partial charge in [-0.2, -0.15) is 5.10 Å². The van der Waals surface area contributed by atoms with Crippen LogP contribution in [0.5, 0.6) is 0 Å². The van der Waals surface area contributed by atoms with Gasteiger partial charge in [-0.1, -0.05) is 19.3 Å². The number of hydrogen-bond donors (Lipinski definition) is 2. The van der Waals surface area contributed by atoms with Crippen molar-refractivity contribution in [2.75, 3.05) is 0 Å². The first-order valence-electron chi connectivity index (χ1n) is 6.62. The molecule has 0 atom stereocenters. The number of aromatic nitrogens is 2. The van der Waals surface area contributed by atoms with Crippen LogP contribution in [0, 0.1) is 0 Å². The highest BCUT2D eigenvalue weighted by molar-refractivity contribution is 5.77. The second-order valence-electron chi connectivity index (χ2n) is 5.32. The van der Waals surface area contributed by atoms with Crippen LogP contribution in [0.3, 0.4) is 0 Å². The van der Waals surface area contributed by atoms with Crippen LogP contribution in [0.2, 0.25) is 0 Å². The van der Waals surface area contributed by atoms with Gasteiger partial charge in [0.1, 0.15) is 0 Å². The van der Waals surface area contributed by atoms with Crippen molar-refractivity contribution >= 4 is 5.91 Å². The summed E-state index contributed by atoms with van der Waals surface area (Å²) in [5.74, 6) is 0.0422.